The third-order valence-electron chi connectivity index (χ3n) is 2.99. The first kappa shape index (κ1) is 11.1. The number of nitrogens with one attached hydrogen (secondary N) is 1. The molecule has 1 N–H and O–H groups in total. The third-order valence-corrected chi connectivity index (χ3v) is 2.99. The van der Waals surface area contributed by atoms with E-state index < -0.39 is 0 Å². The van der Waals surface area contributed by atoms with Gasteiger partial charge in [-0.3, -0.25) is 4.79 Å². The summed E-state index contributed by atoms with van der Waals surface area (Å²) in [6.07, 6.45) is 3.13. The lowest BCUT2D eigenvalue weighted by Crippen LogP contribution is -2.26. The van der Waals surface area contributed by atoms with E-state index in [9.17, 15) is 4.79 Å². The van der Waals surface area contributed by atoms with Gasteiger partial charge in [0.05, 0.1) is 0 Å². The molecule has 1 saturated heterocycles. The fourth-order valence-corrected chi connectivity index (χ4v) is 2.14. The highest BCUT2D eigenvalue weighted by atomic mass is 16.5. The van der Waals surface area contributed by atoms with Crippen LogP contribution < -0.4 is 10.1 Å². The van der Waals surface area contributed by atoms with Crippen LogP contribution in [-0.2, 0) is 4.79 Å². The number of piperidine rings is 1. The molecule has 2 rings (SSSR count). The Morgan fingerprint density at radius 2 is 2.19 bits per heavy atom. The second-order valence-electron chi connectivity index (χ2n) is 4.07. The maximum absolute atomic E-state index is 10.2. The van der Waals surface area contributed by atoms with Gasteiger partial charge in [-0.25, -0.2) is 0 Å². The van der Waals surface area contributed by atoms with Crippen molar-refractivity contribution < 1.29 is 9.53 Å². The summed E-state index contributed by atoms with van der Waals surface area (Å²) >= 11 is 0. The van der Waals surface area contributed by atoms with Crippen LogP contribution in [-0.4, -0.2) is 26.0 Å². The summed E-state index contributed by atoms with van der Waals surface area (Å²) in [6, 6.07) is 8.09. The minimum atomic E-state index is 0.135. The molecule has 0 aliphatic carbocycles. The fourth-order valence-electron chi connectivity index (χ4n) is 2.14. The second kappa shape index (κ2) is 5.66. The van der Waals surface area contributed by atoms with Gasteiger partial charge in [-0.2, -0.15) is 0 Å². The normalized spacial score (nSPS) is 17.0. The predicted octanol–water partition coefficient (Wildman–Crippen LogP) is 1.73. The molecule has 1 aromatic rings. The summed E-state index contributed by atoms with van der Waals surface area (Å²) < 4.78 is 5.30. The van der Waals surface area contributed by atoms with E-state index in [1.807, 2.05) is 12.1 Å². The number of aldehydes is 1. The topological polar surface area (TPSA) is 38.3 Å². The average Bonchev–Trinajstić information content (AvgIpc) is 2.38. The zero-order valence-electron chi connectivity index (χ0n) is 9.32. The molecule has 0 unspecified atom stereocenters. The molecule has 0 atom stereocenters. The van der Waals surface area contributed by atoms with Gasteiger partial charge in [-0.05, 0) is 49.5 Å². The largest absolute Gasteiger partial charge is 0.486 e. The van der Waals surface area contributed by atoms with Crippen molar-refractivity contribution in [2.45, 2.75) is 18.8 Å². The molecule has 16 heavy (non-hydrogen) atoms. The molecule has 0 spiro atoms. The van der Waals surface area contributed by atoms with Crippen LogP contribution in [0.1, 0.15) is 24.3 Å². The summed E-state index contributed by atoms with van der Waals surface area (Å²) in [6.45, 7) is 2.31. The van der Waals surface area contributed by atoms with E-state index in [2.05, 4.69) is 17.4 Å². The van der Waals surface area contributed by atoms with Gasteiger partial charge in [0.1, 0.15) is 12.4 Å². The molecule has 1 aromatic carbocycles. The molecule has 0 amide bonds. The molecule has 1 aliphatic heterocycles. The van der Waals surface area contributed by atoms with Crippen LogP contribution in [0.15, 0.2) is 24.3 Å². The number of carbonyl (C=O) groups excluding carboxylic acids is 1. The number of carbonyl (C=O) groups is 1. The number of hydrogen-bond acceptors (Lipinski definition) is 3. The van der Waals surface area contributed by atoms with Crippen LogP contribution in [0.5, 0.6) is 5.75 Å². The second-order valence-corrected chi connectivity index (χ2v) is 4.07. The molecule has 1 heterocycles. The molecule has 0 radical (unpaired) electrons. The van der Waals surface area contributed by atoms with E-state index in [1.165, 1.54) is 18.4 Å². The van der Waals surface area contributed by atoms with Crippen molar-refractivity contribution in [2.24, 2.45) is 0 Å². The highest BCUT2D eigenvalue weighted by molar-refractivity contribution is 5.51. The summed E-state index contributed by atoms with van der Waals surface area (Å²) in [4.78, 5) is 10.2. The lowest BCUT2D eigenvalue weighted by atomic mass is 9.90. The molecule has 1 aliphatic rings. The van der Waals surface area contributed by atoms with E-state index in [1.54, 1.807) is 0 Å². The number of ether oxygens (including phenoxy) is 1. The van der Waals surface area contributed by atoms with Crippen LogP contribution in [0, 0.1) is 0 Å². The van der Waals surface area contributed by atoms with Crippen LogP contribution >= 0.6 is 0 Å². The Balaban J connectivity index is 2.05. The molecule has 0 saturated carbocycles. The van der Waals surface area contributed by atoms with Crippen molar-refractivity contribution in [3.05, 3.63) is 29.8 Å². The summed E-state index contributed by atoms with van der Waals surface area (Å²) in [7, 11) is 0. The quantitative estimate of drug-likeness (QED) is 0.784. The van der Waals surface area contributed by atoms with Gasteiger partial charge < -0.3 is 10.1 Å². The minimum Gasteiger partial charge on any atom is -0.486 e. The van der Waals surface area contributed by atoms with E-state index in [0.29, 0.717) is 5.92 Å². The predicted molar refractivity (Wildman–Crippen MR) is 62.8 cm³/mol. The molecule has 0 bridgehead atoms. The number of rotatable bonds is 4. The lowest BCUT2D eigenvalue weighted by Gasteiger charge is -2.23. The van der Waals surface area contributed by atoms with Gasteiger partial charge >= 0.3 is 0 Å². The zero-order chi connectivity index (χ0) is 11.2. The monoisotopic (exact) mass is 219 g/mol. The Morgan fingerprint density at radius 3 is 2.94 bits per heavy atom. The van der Waals surface area contributed by atoms with Crippen molar-refractivity contribution >= 4 is 6.29 Å². The Hall–Kier alpha value is -1.35. The number of hydrogen-bond donors (Lipinski definition) is 1. The van der Waals surface area contributed by atoms with Crippen LogP contribution in [0.25, 0.3) is 0 Å². The molecule has 86 valence electrons. The fraction of sp³-hybridized carbons (Fsp3) is 0.462. The molecule has 3 heteroatoms. The van der Waals surface area contributed by atoms with Crippen LogP contribution in [0.2, 0.25) is 0 Å². The average molecular weight is 219 g/mol. The zero-order valence-corrected chi connectivity index (χ0v) is 9.32. The first-order chi connectivity index (χ1) is 7.90. The standard InChI is InChI=1S/C13H17NO2/c15-8-9-16-13-3-1-2-12(10-13)11-4-6-14-7-5-11/h1-3,8,10-11,14H,4-7,9H2. The maximum atomic E-state index is 10.2. The van der Waals surface area contributed by atoms with Gasteiger partial charge in [0.15, 0.2) is 6.29 Å². The van der Waals surface area contributed by atoms with Crippen molar-refractivity contribution in [3.8, 4) is 5.75 Å². The third kappa shape index (κ3) is 2.83. The van der Waals surface area contributed by atoms with Crippen molar-refractivity contribution in [1.82, 2.24) is 5.32 Å². The summed E-state index contributed by atoms with van der Waals surface area (Å²) in [5.74, 6) is 1.42. The first-order valence-electron chi connectivity index (χ1n) is 5.77. The molecule has 1 fully saturated rings. The minimum absolute atomic E-state index is 0.135. The van der Waals surface area contributed by atoms with E-state index in [0.717, 1.165) is 25.1 Å². The van der Waals surface area contributed by atoms with Crippen LogP contribution in [0.4, 0.5) is 0 Å². The Kier molecular flexibility index (Phi) is 3.94. The van der Waals surface area contributed by atoms with E-state index in [-0.39, 0.29) is 6.61 Å². The van der Waals surface area contributed by atoms with Crippen molar-refractivity contribution in [3.63, 3.8) is 0 Å². The van der Waals surface area contributed by atoms with Gasteiger partial charge in [-0.15, -0.1) is 0 Å². The molecular formula is C13H17NO2. The maximum Gasteiger partial charge on any atom is 0.157 e. The van der Waals surface area contributed by atoms with Crippen LogP contribution in [0.3, 0.4) is 0 Å². The lowest BCUT2D eigenvalue weighted by molar-refractivity contribution is -0.109. The van der Waals surface area contributed by atoms with Crippen molar-refractivity contribution in [2.75, 3.05) is 19.7 Å². The van der Waals surface area contributed by atoms with Gasteiger partial charge in [0.25, 0.3) is 0 Å². The highest BCUT2D eigenvalue weighted by Gasteiger charge is 2.15. The summed E-state index contributed by atoms with van der Waals surface area (Å²) in [5, 5.41) is 3.36. The Labute approximate surface area is 95.8 Å². The Bertz CT molecular complexity index is 346. The first-order valence-corrected chi connectivity index (χ1v) is 5.77. The molecule has 3 nitrogen and oxygen atoms in total. The van der Waals surface area contributed by atoms with E-state index >= 15 is 0 Å². The SMILES string of the molecule is O=CCOc1cccc(C2CCNCC2)c1. The molecule has 0 aromatic heterocycles. The van der Waals surface area contributed by atoms with Crippen molar-refractivity contribution in [1.29, 1.82) is 0 Å². The van der Waals surface area contributed by atoms with Gasteiger partial charge in [0.2, 0.25) is 0 Å². The smallest absolute Gasteiger partial charge is 0.157 e. The summed E-state index contributed by atoms with van der Waals surface area (Å²) in [5.41, 5.74) is 1.32. The van der Waals surface area contributed by atoms with Gasteiger partial charge in [-0.1, -0.05) is 12.1 Å². The highest BCUT2D eigenvalue weighted by Crippen LogP contribution is 2.27. The number of benzene rings is 1. The van der Waals surface area contributed by atoms with E-state index in [4.69, 9.17) is 4.74 Å². The molecular weight excluding hydrogens is 202 g/mol. The van der Waals surface area contributed by atoms with Gasteiger partial charge in [0, 0.05) is 0 Å². The Morgan fingerprint density at radius 1 is 1.38 bits per heavy atom.